The second-order valence-electron chi connectivity index (χ2n) is 8.46. The lowest BCUT2D eigenvalue weighted by Crippen LogP contribution is -2.34. The number of rotatable bonds is 7. The van der Waals surface area contributed by atoms with Crippen LogP contribution >= 0.6 is 0 Å². The first-order valence-corrected chi connectivity index (χ1v) is 10.6. The van der Waals surface area contributed by atoms with Crippen LogP contribution in [-0.2, 0) is 11.3 Å². The fourth-order valence-electron chi connectivity index (χ4n) is 3.21. The molecular weight excluding hydrogens is 404 g/mol. The molecule has 3 rings (SSSR count). The lowest BCUT2D eigenvalue weighted by atomic mass is 10.0. The second kappa shape index (κ2) is 10.2. The second-order valence-corrected chi connectivity index (χ2v) is 8.46. The van der Waals surface area contributed by atoms with Crippen LogP contribution in [0.3, 0.4) is 0 Å². The molecule has 168 valence electrons. The molecule has 0 aliphatic heterocycles. The number of hydrogen-bond acceptors (Lipinski definition) is 5. The zero-order valence-electron chi connectivity index (χ0n) is 19.2. The number of nitrogens with one attached hydrogen (secondary N) is 1. The molecule has 0 fully saturated rings. The predicted molar refractivity (Wildman–Crippen MR) is 125 cm³/mol. The minimum atomic E-state index is -0.561. The third kappa shape index (κ3) is 6.23. The summed E-state index contributed by atoms with van der Waals surface area (Å²) in [4.78, 5) is 16.5. The Kier molecular flexibility index (Phi) is 7.36. The quantitative estimate of drug-likeness (QED) is 0.500. The van der Waals surface area contributed by atoms with Crippen LogP contribution in [0.25, 0.3) is 11.1 Å². The van der Waals surface area contributed by atoms with Gasteiger partial charge in [0.05, 0.1) is 13.2 Å². The van der Waals surface area contributed by atoms with Crippen molar-refractivity contribution < 1.29 is 19.0 Å². The van der Waals surface area contributed by atoms with Gasteiger partial charge in [-0.3, -0.25) is 0 Å². The molecule has 1 aromatic heterocycles. The molecule has 1 amide bonds. The topological polar surface area (TPSA) is 69.7 Å². The van der Waals surface area contributed by atoms with Gasteiger partial charge in [0, 0.05) is 17.3 Å². The Balaban J connectivity index is 1.91. The van der Waals surface area contributed by atoms with Gasteiger partial charge in [-0.1, -0.05) is 42.5 Å². The molecule has 3 aromatic rings. The lowest BCUT2D eigenvalue weighted by Gasteiger charge is -2.23. The molecular formula is C26H30N2O4. The Morgan fingerprint density at radius 3 is 2.47 bits per heavy atom. The van der Waals surface area contributed by atoms with Crippen molar-refractivity contribution in [3.05, 3.63) is 78.0 Å². The van der Waals surface area contributed by atoms with Crippen molar-refractivity contribution in [2.45, 2.75) is 45.9 Å². The Bertz CT molecular complexity index is 1050. The van der Waals surface area contributed by atoms with Gasteiger partial charge in [-0.15, -0.1) is 0 Å². The van der Waals surface area contributed by atoms with Crippen LogP contribution in [0.5, 0.6) is 11.6 Å². The number of nitrogens with zero attached hydrogens (tertiary/aromatic N) is 1. The number of amides is 1. The molecule has 2 aromatic carbocycles. The van der Waals surface area contributed by atoms with Gasteiger partial charge in [0.25, 0.3) is 0 Å². The van der Waals surface area contributed by atoms with Gasteiger partial charge < -0.3 is 19.5 Å². The van der Waals surface area contributed by atoms with Gasteiger partial charge in [0.1, 0.15) is 18.0 Å². The molecule has 0 saturated heterocycles. The first-order valence-electron chi connectivity index (χ1n) is 10.6. The Labute approximate surface area is 189 Å². The highest BCUT2D eigenvalue weighted by Crippen LogP contribution is 2.37. The number of pyridine rings is 1. The maximum absolute atomic E-state index is 12.2. The highest BCUT2D eigenvalue weighted by atomic mass is 16.6. The van der Waals surface area contributed by atoms with E-state index in [4.69, 9.17) is 14.2 Å². The fourth-order valence-corrected chi connectivity index (χ4v) is 3.21. The van der Waals surface area contributed by atoms with Crippen molar-refractivity contribution in [1.82, 2.24) is 10.3 Å². The smallest absolute Gasteiger partial charge is 0.408 e. The first kappa shape index (κ1) is 23.1. The van der Waals surface area contributed by atoms with Crippen LogP contribution in [0.1, 0.15) is 44.9 Å². The average molecular weight is 435 g/mol. The van der Waals surface area contributed by atoms with E-state index in [-0.39, 0.29) is 6.04 Å². The summed E-state index contributed by atoms with van der Waals surface area (Å²) in [6, 6.07) is 19.3. The van der Waals surface area contributed by atoms with E-state index in [1.54, 1.807) is 13.3 Å². The third-order valence-electron chi connectivity index (χ3n) is 4.73. The van der Waals surface area contributed by atoms with E-state index in [1.165, 1.54) is 0 Å². The largest absolute Gasteiger partial charge is 0.488 e. The maximum Gasteiger partial charge on any atom is 0.408 e. The van der Waals surface area contributed by atoms with Gasteiger partial charge in [0.2, 0.25) is 5.88 Å². The molecule has 1 atom stereocenters. The van der Waals surface area contributed by atoms with Crippen molar-refractivity contribution >= 4 is 6.09 Å². The van der Waals surface area contributed by atoms with E-state index < -0.39 is 11.7 Å². The summed E-state index contributed by atoms with van der Waals surface area (Å²) in [5.74, 6) is 1.19. The number of carbonyl (C=O) groups is 1. The highest BCUT2D eigenvalue weighted by molar-refractivity contribution is 5.75. The van der Waals surface area contributed by atoms with Gasteiger partial charge in [-0.2, -0.15) is 0 Å². The Hall–Kier alpha value is -3.54. The molecule has 6 nitrogen and oxygen atoms in total. The van der Waals surface area contributed by atoms with E-state index in [0.717, 1.165) is 22.3 Å². The Morgan fingerprint density at radius 1 is 1.03 bits per heavy atom. The number of hydrogen-bond donors (Lipinski definition) is 1. The molecule has 0 aliphatic rings. The fraction of sp³-hybridized carbons (Fsp3) is 0.308. The number of alkyl carbamates (subject to hydrolysis) is 1. The van der Waals surface area contributed by atoms with Crippen molar-refractivity contribution in [3.8, 4) is 22.8 Å². The highest BCUT2D eigenvalue weighted by Gasteiger charge is 2.20. The molecule has 0 aliphatic carbocycles. The first-order chi connectivity index (χ1) is 15.3. The lowest BCUT2D eigenvalue weighted by molar-refractivity contribution is 0.0508. The van der Waals surface area contributed by atoms with Crippen molar-refractivity contribution in [1.29, 1.82) is 0 Å². The van der Waals surface area contributed by atoms with Crippen molar-refractivity contribution in [2.24, 2.45) is 0 Å². The minimum absolute atomic E-state index is 0.270. The number of aromatic nitrogens is 1. The predicted octanol–water partition coefficient (Wildman–Crippen LogP) is 5.92. The average Bonchev–Trinajstić information content (AvgIpc) is 2.76. The normalized spacial score (nSPS) is 12.0. The van der Waals surface area contributed by atoms with E-state index in [0.29, 0.717) is 18.2 Å². The number of benzene rings is 2. The van der Waals surface area contributed by atoms with Gasteiger partial charge in [-0.05, 0) is 57.0 Å². The van der Waals surface area contributed by atoms with E-state index >= 15 is 0 Å². The molecule has 0 unspecified atom stereocenters. The third-order valence-corrected chi connectivity index (χ3v) is 4.73. The number of ether oxygens (including phenoxy) is 3. The molecule has 1 heterocycles. The van der Waals surface area contributed by atoms with Crippen molar-refractivity contribution in [3.63, 3.8) is 0 Å². The molecule has 0 radical (unpaired) electrons. The van der Waals surface area contributed by atoms with Crippen LogP contribution in [0.2, 0.25) is 0 Å². The molecule has 0 spiro atoms. The summed E-state index contributed by atoms with van der Waals surface area (Å²) in [5.41, 5.74) is 3.08. The number of carbonyl (C=O) groups excluding carboxylic acids is 1. The van der Waals surface area contributed by atoms with Crippen molar-refractivity contribution in [2.75, 3.05) is 7.11 Å². The van der Waals surface area contributed by atoms with E-state index in [1.807, 2.05) is 88.4 Å². The Morgan fingerprint density at radius 2 is 1.78 bits per heavy atom. The van der Waals surface area contributed by atoms with Crippen LogP contribution < -0.4 is 14.8 Å². The monoisotopic (exact) mass is 434 g/mol. The van der Waals surface area contributed by atoms with Crippen LogP contribution in [0, 0.1) is 0 Å². The van der Waals surface area contributed by atoms with Gasteiger partial charge >= 0.3 is 6.09 Å². The van der Waals surface area contributed by atoms with Crippen LogP contribution in [0.15, 0.2) is 66.9 Å². The zero-order chi connectivity index (χ0) is 23.1. The summed E-state index contributed by atoms with van der Waals surface area (Å²) < 4.78 is 17.1. The number of methoxy groups -OCH3 is 1. The molecule has 1 N–H and O–H groups in total. The molecule has 0 saturated carbocycles. The van der Waals surface area contributed by atoms with E-state index in [2.05, 4.69) is 10.3 Å². The van der Waals surface area contributed by atoms with Crippen LogP contribution in [0.4, 0.5) is 4.79 Å². The van der Waals surface area contributed by atoms with Gasteiger partial charge in [-0.25, -0.2) is 9.78 Å². The summed E-state index contributed by atoms with van der Waals surface area (Å²) in [5, 5.41) is 2.88. The summed E-state index contributed by atoms with van der Waals surface area (Å²) in [7, 11) is 1.59. The molecule has 0 bridgehead atoms. The summed E-state index contributed by atoms with van der Waals surface area (Å²) in [6.45, 7) is 7.83. The minimum Gasteiger partial charge on any atom is -0.488 e. The maximum atomic E-state index is 12.2. The molecule has 32 heavy (non-hydrogen) atoms. The van der Waals surface area contributed by atoms with Gasteiger partial charge in [0.15, 0.2) is 0 Å². The SMILES string of the molecule is COc1ncccc1-c1ccc([C@@H](C)NC(=O)OC(C)(C)C)cc1OCc1ccccc1. The zero-order valence-corrected chi connectivity index (χ0v) is 19.2. The van der Waals surface area contributed by atoms with Crippen LogP contribution in [-0.4, -0.2) is 23.8 Å². The van der Waals surface area contributed by atoms with E-state index in [9.17, 15) is 4.79 Å². The standard InChI is InChI=1S/C26H30N2O4/c1-18(28-25(29)32-26(2,3)4)20-13-14-21(22-12-9-15-27-24(22)30-5)23(16-20)31-17-19-10-7-6-8-11-19/h6-16,18H,17H2,1-5H3,(H,28,29)/t18-/m1/s1. The molecule has 6 heteroatoms. The summed E-state index contributed by atoms with van der Waals surface area (Å²) in [6.07, 6.45) is 1.23. The summed E-state index contributed by atoms with van der Waals surface area (Å²) >= 11 is 0.